The Balaban J connectivity index is 1.19. The highest BCUT2D eigenvalue weighted by Gasteiger charge is 2.23. The van der Waals surface area contributed by atoms with E-state index in [0.717, 1.165) is 71.3 Å². The van der Waals surface area contributed by atoms with Crippen molar-refractivity contribution in [2.75, 3.05) is 0 Å². The average Bonchev–Trinajstić information content (AvgIpc) is 3.91. The molecular formula is C55H34N4O. The molecule has 280 valence electrons. The summed E-state index contributed by atoms with van der Waals surface area (Å²) in [7, 11) is 0. The van der Waals surface area contributed by atoms with E-state index in [0.29, 0.717) is 22.3 Å². The van der Waals surface area contributed by atoms with Crippen LogP contribution in [-0.4, -0.2) is 19.5 Å². The molecule has 0 aliphatic heterocycles. The van der Waals surface area contributed by atoms with Crippen LogP contribution in [0.3, 0.4) is 0 Å². The number of benzene rings is 9. The standard InChI is InChI=1S/C55H34N4O/c1-3-15-35(16-4-1)36-29-31-38(32-30-36)42-24-14-28-50-51(42)46-33-40(59-48-26-11-9-22-43(48)44-23-10-12-27-49(44)59)34-47(52(46)60-50)55-57-53(39-18-5-2-6-19-39)56-54(58-55)45-25-13-20-37-17-7-8-21-41(37)45/h1-34H/i2D,5D,6D,18D,19D. The number of hydrogen-bond acceptors (Lipinski definition) is 4. The molecule has 0 N–H and O–H groups in total. The number of para-hydroxylation sites is 2. The van der Waals surface area contributed by atoms with Crippen LogP contribution in [0.25, 0.3) is 117 Å². The first-order valence-corrected chi connectivity index (χ1v) is 19.8. The van der Waals surface area contributed by atoms with Crippen LogP contribution in [0.15, 0.2) is 211 Å². The number of hydrogen-bond donors (Lipinski definition) is 0. The third kappa shape index (κ3) is 5.52. The van der Waals surface area contributed by atoms with Crippen LogP contribution in [0.4, 0.5) is 0 Å². The van der Waals surface area contributed by atoms with E-state index in [9.17, 15) is 0 Å². The van der Waals surface area contributed by atoms with Crippen LogP contribution in [0.1, 0.15) is 6.85 Å². The molecule has 0 saturated carbocycles. The molecule has 3 aromatic heterocycles. The lowest BCUT2D eigenvalue weighted by molar-refractivity contribution is 0.669. The Morgan fingerprint density at radius 1 is 0.417 bits per heavy atom. The molecule has 0 saturated heterocycles. The van der Waals surface area contributed by atoms with E-state index in [2.05, 4.69) is 77.4 Å². The minimum Gasteiger partial charge on any atom is -0.455 e. The first-order valence-electron chi connectivity index (χ1n) is 22.3. The summed E-state index contributed by atoms with van der Waals surface area (Å²) in [6.07, 6.45) is 0. The summed E-state index contributed by atoms with van der Waals surface area (Å²) in [5, 5.41) is 5.79. The maximum atomic E-state index is 9.01. The van der Waals surface area contributed by atoms with Gasteiger partial charge in [-0.1, -0.05) is 176 Å². The molecule has 0 radical (unpaired) electrons. The molecule has 0 amide bonds. The predicted octanol–water partition coefficient (Wildman–Crippen LogP) is 14.4. The zero-order chi connectivity index (χ0) is 43.9. The van der Waals surface area contributed by atoms with Crippen LogP contribution < -0.4 is 0 Å². The quantitative estimate of drug-likeness (QED) is 0.169. The third-order valence-corrected chi connectivity index (χ3v) is 11.4. The second-order valence-electron chi connectivity index (χ2n) is 14.8. The van der Waals surface area contributed by atoms with E-state index in [1.165, 1.54) is 0 Å². The Bertz CT molecular complexity index is 3810. The van der Waals surface area contributed by atoms with Crippen LogP contribution in [0.5, 0.6) is 0 Å². The van der Waals surface area contributed by atoms with E-state index in [1.807, 2.05) is 103 Å². The maximum absolute atomic E-state index is 9.01. The monoisotopic (exact) mass is 771 g/mol. The molecule has 0 spiro atoms. The summed E-state index contributed by atoms with van der Waals surface area (Å²) >= 11 is 0. The summed E-state index contributed by atoms with van der Waals surface area (Å²) in [5.74, 6) is 0.435. The van der Waals surface area contributed by atoms with Crippen molar-refractivity contribution in [1.82, 2.24) is 19.5 Å². The average molecular weight is 772 g/mol. The fourth-order valence-electron chi connectivity index (χ4n) is 8.63. The normalized spacial score (nSPS) is 12.8. The lowest BCUT2D eigenvalue weighted by Crippen LogP contribution is -2.02. The van der Waals surface area contributed by atoms with Gasteiger partial charge in [-0.2, -0.15) is 0 Å². The van der Waals surface area contributed by atoms with Gasteiger partial charge < -0.3 is 8.98 Å². The lowest BCUT2D eigenvalue weighted by Gasteiger charge is -2.13. The van der Waals surface area contributed by atoms with Crippen LogP contribution in [0, 0.1) is 0 Å². The minimum absolute atomic E-state index is 0.0549. The fourth-order valence-corrected chi connectivity index (χ4v) is 8.63. The van der Waals surface area contributed by atoms with Crippen molar-refractivity contribution in [3.05, 3.63) is 206 Å². The van der Waals surface area contributed by atoms with Gasteiger partial charge in [0.05, 0.1) is 23.5 Å². The van der Waals surface area contributed by atoms with Crippen molar-refractivity contribution >= 4 is 54.5 Å². The number of fused-ring (bicyclic) bond motifs is 7. The molecule has 0 aliphatic rings. The Morgan fingerprint density at radius 3 is 1.77 bits per heavy atom. The van der Waals surface area contributed by atoms with E-state index >= 15 is 0 Å². The largest absolute Gasteiger partial charge is 0.455 e. The summed E-state index contributed by atoms with van der Waals surface area (Å²) in [6, 6.07) is 57.3. The number of nitrogens with zero attached hydrogens (tertiary/aromatic N) is 4. The van der Waals surface area contributed by atoms with Gasteiger partial charge in [0.1, 0.15) is 11.2 Å². The van der Waals surface area contributed by atoms with Crippen molar-refractivity contribution in [1.29, 1.82) is 0 Å². The van der Waals surface area contributed by atoms with E-state index in [1.54, 1.807) is 0 Å². The van der Waals surface area contributed by atoms with Crippen molar-refractivity contribution in [3.8, 4) is 62.1 Å². The van der Waals surface area contributed by atoms with Gasteiger partial charge >= 0.3 is 0 Å². The summed E-state index contributed by atoms with van der Waals surface area (Å²) in [5.41, 5.74) is 9.41. The molecule has 12 aromatic rings. The first-order chi connectivity index (χ1) is 31.8. The molecule has 0 atom stereocenters. The SMILES string of the molecule is [2H]c1c([2H])c([2H])c(-c2nc(-c3cccc4ccccc34)nc(-c3cc(-n4c5ccccc5c5ccccc54)cc4c3oc3cccc(-c5ccc(-c6ccccc6)cc5)c34)n2)c([2H])c1[2H]. The van der Waals surface area contributed by atoms with Gasteiger partial charge in [0.25, 0.3) is 0 Å². The van der Waals surface area contributed by atoms with E-state index in [-0.39, 0.29) is 23.0 Å². The summed E-state index contributed by atoms with van der Waals surface area (Å²) in [6.45, 7) is 0. The van der Waals surface area contributed by atoms with E-state index in [4.69, 9.17) is 26.2 Å². The highest BCUT2D eigenvalue weighted by Crippen LogP contribution is 2.44. The molecule has 12 rings (SSSR count). The Hall–Kier alpha value is -8.15. The van der Waals surface area contributed by atoms with Gasteiger partial charge in [-0.05, 0) is 63.4 Å². The minimum atomic E-state index is -0.499. The number of furan rings is 1. The highest BCUT2D eigenvalue weighted by atomic mass is 16.3. The Labute approximate surface area is 352 Å². The van der Waals surface area contributed by atoms with Gasteiger partial charge in [0.15, 0.2) is 17.5 Å². The molecule has 0 aliphatic carbocycles. The highest BCUT2D eigenvalue weighted by molar-refractivity contribution is 6.17. The second-order valence-corrected chi connectivity index (χ2v) is 14.8. The zero-order valence-corrected chi connectivity index (χ0v) is 31.9. The maximum Gasteiger partial charge on any atom is 0.167 e. The van der Waals surface area contributed by atoms with Crippen molar-refractivity contribution in [3.63, 3.8) is 0 Å². The van der Waals surface area contributed by atoms with Gasteiger partial charge in [0.2, 0.25) is 0 Å². The summed E-state index contributed by atoms with van der Waals surface area (Å²) in [4.78, 5) is 15.2. The molecular weight excluding hydrogens is 733 g/mol. The molecule has 0 bridgehead atoms. The van der Waals surface area contributed by atoms with Crippen LogP contribution in [0.2, 0.25) is 0 Å². The Morgan fingerprint density at radius 2 is 1.00 bits per heavy atom. The molecule has 9 aromatic carbocycles. The predicted molar refractivity (Wildman–Crippen MR) is 246 cm³/mol. The fraction of sp³-hybridized carbons (Fsp3) is 0. The topological polar surface area (TPSA) is 56.7 Å². The Kier molecular flexibility index (Phi) is 6.68. The van der Waals surface area contributed by atoms with Crippen LogP contribution in [-0.2, 0) is 0 Å². The zero-order valence-electron chi connectivity index (χ0n) is 36.9. The molecule has 5 heteroatoms. The molecule has 60 heavy (non-hydrogen) atoms. The molecule has 3 heterocycles. The van der Waals surface area contributed by atoms with Gasteiger partial charge in [-0.25, -0.2) is 15.0 Å². The smallest absolute Gasteiger partial charge is 0.167 e. The van der Waals surface area contributed by atoms with Crippen molar-refractivity contribution < 1.29 is 11.3 Å². The van der Waals surface area contributed by atoms with Gasteiger partial charge in [-0.3, -0.25) is 0 Å². The van der Waals surface area contributed by atoms with Gasteiger partial charge in [-0.15, -0.1) is 0 Å². The van der Waals surface area contributed by atoms with Crippen molar-refractivity contribution in [2.24, 2.45) is 0 Å². The second kappa shape index (κ2) is 13.8. The summed E-state index contributed by atoms with van der Waals surface area (Å²) < 4.78 is 52.7. The van der Waals surface area contributed by atoms with Crippen molar-refractivity contribution in [2.45, 2.75) is 0 Å². The molecule has 5 nitrogen and oxygen atoms in total. The third-order valence-electron chi connectivity index (χ3n) is 11.4. The van der Waals surface area contributed by atoms with Gasteiger partial charge in [0, 0.05) is 38.4 Å². The lowest BCUT2D eigenvalue weighted by atomic mass is 9.96. The molecule has 0 unspecified atom stereocenters. The van der Waals surface area contributed by atoms with E-state index < -0.39 is 30.2 Å². The number of rotatable bonds is 6. The van der Waals surface area contributed by atoms with Crippen LogP contribution >= 0.6 is 0 Å². The number of aromatic nitrogens is 4. The first kappa shape index (κ1) is 29.1. The molecule has 0 fully saturated rings.